The van der Waals surface area contributed by atoms with Crippen LogP contribution in [0.25, 0.3) is 0 Å². The van der Waals surface area contributed by atoms with E-state index in [0.29, 0.717) is 11.1 Å². The highest BCUT2D eigenvalue weighted by molar-refractivity contribution is 5.93. The molecule has 0 bridgehead atoms. The lowest BCUT2D eigenvalue weighted by Gasteiger charge is -2.28. The monoisotopic (exact) mass is 392 g/mol. The van der Waals surface area contributed by atoms with Gasteiger partial charge in [0.15, 0.2) is 6.61 Å². The fourth-order valence-corrected chi connectivity index (χ4v) is 2.60. The third kappa shape index (κ3) is 5.97. The quantitative estimate of drug-likeness (QED) is 0.750. The van der Waals surface area contributed by atoms with E-state index in [0.717, 1.165) is 0 Å². The van der Waals surface area contributed by atoms with Gasteiger partial charge in [-0.1, -0.05) is 41.5 Å². The highest BCUT2D eigenvalue weighted by atomic mass is 16.5. The number of nitrogens with one attached hydrogen (secondary N) is 1. The molecule has 0 radical (unpaired) electrons. The van der Waals surface area contributed by atoms with Crippen LogP contribution in [0.4, 0.5) is 0 Å². The van der Waals surface area contributed by atoms with E-state index in [2.05, 4.69) is 5.32 Å². The predicted octanol–water partition coefficient (Wildman–Crippen LogP) is 2.35. The second-order valence-corrected chi connectivity index (χ2v) is 8.92. The second kappa shape index (κ2) is 8.63. The molecule has 0 aliphatic carbocycles. The topological polar surface area (TPSA) is 95.9 Å². The zero-order valence-electron chi connectivity index (χ0n) is 18.1. The van der Waals surface area contributed by atoms with Crippen molar-refractivity contribution in [1.82, 2.24) is 10.2 Å². The molecule has 2 N–H and O–H groups in total. The maximum atomic E-state index is 12.6. The number of esters is 1. The highest BCUT2D eigenvalue weighted by Crippen LogP contribution is 2.39. The number of ether oxygens (including phenoxy) is 1. The van der Waals surface area contributed by atoms with E-state index in [1.165, 1.54) is 19.0 Å². The van der Waals surface area contributed by atoms with Gasteiger partial charge < -0.3 is 20.1 Å². The lowest BCUT2D eigenvalue weighted by molar-refractivity contribution is -0.137. The van der Waals surface area contributed by atoms with Crippen LogP contribution in [-0.2, 0) is 25.2 Å². The van der Waals surface area contributed by atoms with Gasteiger partial charge in [0.05, 0.1) is 12.1 Å². The van der Waals surface area contributed by atoms with Gasteiger partial charge in [0.2, 0.25) is 5.91 Å². The van der Waals surface area contributed by atoms with Crippen LogP contribution >= 0.6 is 0 Å². The van der Waals surface area contributed by atoms with Crippen LogP contribution in [0.15, 0.2) is 12.1 Å². The summed E-state index contributed by atoms with van der Waals surface area (Å²) in [5.74, 6) is -1.29. The third-order valence-corrected chi connectivity index (χ3v) is 4.37. The molecule has 1 aromatic carbocycles. The Bertz CT molecular complexity index is 722. The summed E-state index contributed by atoms with van der Waals surface area (Å²) in [4.78, 5) is 37.2. The van der Waals surface area contributed by atoms with Crippen molar-refractivity contribution in [1.29, 1.82) is 0 Å². The Balaban J connectivity index is 3.08. The third-order valence-electron chi connectivity index (χ3n) is 4.37. The van der Waals surface area contributed by atoms with E-state index >= 15 is 0 Å². The first-order valence-electron chi connectivity index (χ1n) is 9.18. The van der Waals surface area contributed by atoms with Crippen LogP contribution in [0.3, 0.4) is 0 Å². The number of rotatable bonds is 5. The van der Waals surface area contributed by atoms with E-state index in [1.54, 1.807) is 12.1 Å². The number of hydrogen-bond donors (Lipinski definition) is 2. The Morgan fingerprint density at radius 1 is 1.04 bits per heavy atom. The number of hydrogen-bond acceptors (Lipinski definition) is 5. The van der Waals surface area contributed by atoms with Crippen LogP contribution in [0.2, 0.25) is 0 Å². The summed E-state index contributed by atoms with van der Waals surface area (Å²) in [5.41, 5.74) is 0.771. The van der Waals surface area contributed by atoms with Gasteiger partial charge in [-0.25, -0.2) is 4.79 Å². The minimum Gasteiger partial charge on any atom is -0.507 e. The van der Waals surface area contributed by atoms with Crippen molar-refractivity contribution in [2.45, 2.75) is 52.4 Å². The molecule has 0 aromatic heterocycles. The molecule has 0 heterocycles. The number of likely N-dealkylation sites (N-methyl/N-ethyl adjacent to an activating group) is 2. The average Bonchev–Trinajstić information content (AvgIpc) is 2.57. The van der Waals surface area contributed by atoms with Gasteiger partial charge in [-0.2, -0.15) is 0 Å². The summed E-state index contributed by atoms with van der Waals surface area (Å²) < 4.78 is 5.16. The number of carbonyl (C=O) groups is 3. The molecule has 0 spiro atoms. The lowest BCUT2D eigenvalue weighted by Crippen LogP contribution is -2.39. The molecule has 7 heteroatoms. The van der Waals surface area contributed by atoms with Gasteiger partial charge in [-0.05, 0) is 23.0 Å². The standard InChI is InChI=1S/C21H32N2O5/c1-20(2,3)14-9-13(10-15(18(14)26)21(4,5)6)19(27)28-12-17(25)23(8)11-16(24)22-7/h9-10,26H,11-12H2,1-8H3,(H,22,24). The fourth-order valence-electron chi connectivity index (χ4n) is 2.60. The number of aromatic hydroxyl groups is 1. The zero-order valence-corrected chi connectivity index (χ0v) is 18.1. The first-order valence-corrected chi connectivity index (χ1v) is 9.18. The summed E-state index contributed by atoms with van der Waals surface area (Å²) >= 11 is 0. The summed E-state index contributed by atoms with van der Waals surface area (Å²) in [6.45, 7) is 11.1. The summed E-state index contributed by atoms with van der Waals surface area (Å²) in [6.07, 6.45) is 0. The molecule has 7 nitrogen and oxygen atoms in total. The lowest BCUT2D eigenvalue weighted by atomic mass is 9.78. The van der Waals surface area contributed by atoms with E-state index < -0.39 is 18.5 Å². The Hall–Kier alpha value is -2.57. The zero-order chi connectivity index (χ0) is 21.9. The highest BCUT2D eigenvalue weighted by Gasteiger charge is 2.28. The molecular weight excluding hydrogens is 360 g/mol. The van der Waals surface area contributed by atoms with Crippen molar-refractivity contribution in [2.75, 3.05) is 27.2 Å². The fraction of sp³-hybridized carbons (Fsp3) is 0.571. The first-order chi connectivity index (χ1) is 12.7. The summed E-state index contributed by atoms with van der Waals surface area (Å²) in [5, 5.41) is 13.1. The van der Waals surface area contributed by atoms with Crippen molar-refractivity contribution in [2.24, 2.45) is 0 Å². The molecule has 0 aliphatic heterocycles. The molecule has 0 aliphatic rings. The van der Waals surface area contributed by atoms with Crippen LogP contribution in [0, 0.1) is 0 Å². The average molecular weight is 392 g/mol. The molecule has 156 valence electrons. The number of phenolic OH excluding ortho intramolecular Hbond substituents is 1. The van der Waals surface area contributed by atoms with E-state index in [1.807, 2.05) is 41.5 Å². The number of nitrogens with zero attached hydrogens (tertiary/aromatic N) is 1. The van der Waals surface area contributed by atoms with Crippen molar-refractivity contribution < 1.29 is 24.2 Å². The normalized spacial score (nSPS) is 11.7. The van der Waals surface area contributed by atoms with Gasteiger partial charge in [-0.15, -0.1) is 0 Å². The Kier molecular flexibility index (Phi) is 7.23. The first kappa shape index (κ1) is 23.5. The molecule has 1 aromatic rings. The Morgan fingerprint density at radius 3 is 1.89 bits per heavy atom. The molecule has 2 amide bonds. The molecule has 0 saturated heterocycles. The largest absolute Gasteiger partial charge is 0.507 e. The molecular formula is C21H32N2O5. The van der Waals surface area contributed by atoms with Crippen molar-refractivity contribution in [3.05, 3.63) is 28.8 Å². The molecule has 0 fully saturated rings. The van der Waals surface area contributed by atoms with Crippen molar-refractivity contribution >= 4 is 17.8 Å². The predicted molar refractivity (Wildman–Crippen MR) is 107 cm³/mol. The van der Waals surface area contributed by atoms with Crippen LogP contribution in [0.5, 0.6) is 5.75 Å². The van der Waals surface area contributed by atoms with Crippen molar-refractivity contribution in [3.63, 3.8) is 0 Å². The van der Waals surface area contributed by atoms with Gasteiger partial charge in [-0.3, -0.25) is 9.59 Å². The maximum Gasteiger partial charge on any atom is 0.338 e. The SMILES string of the molecule is CNC(=O)CN(C)C(=O)COC(=O)c1cc(C(C)(C)C)c(O)c(C(C)(C)C)c1. The molecule has 0 saturated carbocycles. The Labute approximate surface area is 167 Å². The molecule has 1 rings (SSSR count). The van der Waals surface area contributed by atoms with Crippen molar-refractivity contribution in [3.8, 4) is 5.75 Å². The van der Waals surface area contributed by atoms with E-state index in [-0.39, 0.29) is 34.6 Å². The molecule has 0 atom stereocenters. The van der Waals surface area contributed by atoms with Crippen LogP contribution in [-0.4, -0.2) is 55.0 Å². The summed E-state index contributed by atoms with van der Waals surface area (Å²) in [6, 6.07) is 3.21. The molecule has 28 heavy (non-hydrogen) atoms. The molecule has 0 unspecified atom stereocenters. The number of amides is 2. The van der Waals surface area contributed by atoms with Crippen LogP contribution in [0.1, 0.15) is 63.0 Å². The number of benzene rings is 1. The van der Waals surface area contributed by atoms with Gasteiger partial charge in [0.25, 0.3) is 5.91 Å². The smallest absolute Gasteiger partial charge is 0.338 e. The minimum atomic E-state index is -0.655. The van der Waals surface area contributed by atoms with Crippen LogP contribution < -0.4 is 5.32 Å². The number of carbonyl (C=O) groups excluding carboxylic acids is 3. The minimum absolute atomic E-state index is 0.117. The maximum absolute atomic E-state index is 12.6. The van der Waals surface area contributed by atoms with E-state index in [4.69, 9.17) is 4.74 Å². The van der Waals surface area contributed by atoms with Gasteiger partial charge >= 0.3 is 5.97 Å². The van der Waals surface area contributed by atoms with Gasteiger partial charge in [0.1, 0.15) is 5.75 Å². The van der Waals surface area contributed by atoms with E-state index in [9.17, 15) is 19.5 Å². The second-order valence-electron chi connectivity index (χ2n) is 8.92. The Morgan fingerprint density at radius 2 is 1.50 bits per heavy atom. The summed E-state index contributed by atoms with van der Waals surface area (Å²) in [7, 11) is 2.94. The van der Waals surface area contributed by atoms with Gasteiger partial charge in [0, 0.05) is 25.2 Å². The number of phenols is 1.